The summed E-state index contributed by atoms with van der Waals surface area (Å²) in [5.74, 6) is 0.361. The van der Waals surface area contributed by atoms with Crippen molar-refractivity contribution in [3.05, 3.63) is 29.3 Å². The zero-order chi connectivity index (χ0) is 13.8. The van der Waals surface area contributed by atoms with Crippen LogP contribution in [0.5, 0.6) is 0 Å². The Labute approximate surface area is 114 Å². The first-order valence-corrected chi connectivity index (χ1v) is 6.86. The molecule has 0 aromatic heterocycles. The van der Waals surface area contributed by atoms with Crippen LogP contribution in [0.1, 0.15) is 48.5 Å². The third-order valence-electron chi connectivity index (χ3n) is 3.87. The maximum atomic E-state index is 11.0. The van der Waals surface area contributed by atoms with E-state index >= 15 is 0 Å². The largest absolute Gasteiger partial charge is 0.398 e. The molecule has 4 heteroatoms. The van der Waals surface area contributed by atoms with Crippen molar-refractivity contribution in [3.63, 3.8) is 0 Å². The van der Waals surface area contributed by atoms with E-state index in [0.29, 0.717) is 24.0 Å². The van der Waals surface area contributed by atoms with Gasteiger partial charge in [-0.3, -0.25) is 4.79 Å². The SMILES string of the molecule is CC1CCC(OCc2ccc(C(N)=O)cc2N)CC1. The molecule has 19 heavy (non-hydrogen) atoms. The lowest BCUT2D eigenvalue weighted by Crippen LogP contribution is -2.20. The van der Waals surface area contributed by atoms with E-state index in [1.807, 2.05) is 6.07 Å². The third kappa shape index (κ3) is 3.70. The number of amides is 1. The number of primary amides is 1. The van der Waals surface area contributed by atoms with Crippen LogP contribution in [-0.2, 0) is 11.3 Å². The van der Waals surface area contributed by atoms with Crippen LogP contribution in [0.2, 0.25) is 0 Å². The molecule has 0 heterocycles. The molecule has 1 fully saturated rings. The molecule has 0 saturated heterocycles. The van der Waals surface area contributed by atoms with Crippen LogP contribution in [-0.4, -0.2) is 12.0 Å². The Kier molecular flexibility index (Phi) is 4.43. The number of ether oxygens (including phenoxy) is 1. The molecule has 1 saturated carbocycles. The second-order valence-corrected chi connectivity index (χ2v) is 5.47. The Morgan fingerprint density at radius 2 is 2.00 bits per heavy atom. The average Bonchev–Trinajstić information content (AvgIpc) is 2.39. The molecule has 1 amide bonds. The summed E-state index contributed by atoms with van der Waals surface area (Å²) in [6.07, 6.45) is 5.06. The van der Waals surface area contributed by atoms with Gasteiger partial charge in [-0.25, -0.2) is 0 Å². The van der Waals surface area contributed by atoms with E-state index in [4.69, 9.17) is 16.2 Å². The zero-order valence-corrected chi connectivity index (χ0v) is 11.4. The van der Waals surface area contributed by atoms with Gasteiger partial charge in [-0.15, -0.1) is 0 Å². The van der Waals surface area contributed by atoms with E-state index in [-0.39, 0.29) is 0 Å². The molecule has 0 radical (unpaired) electrons. The van der Waals surface area contributed by atoms with Crippen LogP contribution in [0, 0.1) is 5.92 Å². The predicted octanol–water partition coefficient (Wildman–Crippen LogP) is 2.46. The minimum Gasteiger partial charge on any atom is -0.398 e. The Bertz CT molecular complexity index is 451. The molecule has 4 N–H and O–H groups in total. The highest BCUT2D eigenvalue weighted by molar-refractivity contribution is 5.93. The summed E-state index contributed by atoms with van der Waals surface area (Å²) in [6.45, 7) is 2.79. The molecular formula is C15H22N2O2. The predicted molar refractivity (Wildman–Crippen MR) is 75.6 cm³/mol. The Hall–Kier alpha value is -1.55. The maximum absolute atomic E-state index is 11.0. The summed E-state index contributed by atoms with van der Waals surface area (Å²) in [6, 6.07) is 5.13. The van der Waals surface area contributed by atoms with Gasteiger partial charge in [0.15, 0.2) is 0 Å². The van der Waals surface area contributed by atoms with E-state index in [0.717, 1.165) is 24.3 Å². The van der Waals surface area contributed by atoms with Crippen molar-refractivity contribution in [2.24, 2.45) is 11.7 Å². The lowest BCUT2D eigenvalue weighted by atomic mass is 9.89. The first-order chi connectivity index (χ1) is 9.06. The van der Waals surface area contributed by atoms with Gasteiger partial charge in [0.2, 0.25) is 5.91 Å². The van der Waals surface area contributed by atoms with Crippen molar-refractivity contribution >= 4 is 11.6 Å². The molecular weight excluding hydrogens is 240 g/mol. The number of hydrogen-bond donors (Lipinski definition) is 2. The van der Waals surface area contributed by atoms with Crippen LogP contribution in [0.25, 0.3) is 0 Å². The Balaban J connectivity index is 1.91. The normalized spacial score (nSPS) is 23.2. The number of nitrogens with two attached hydrogens (primary N) is 2. The van der Waals surface area contributed by atoms with E-state index < -0.39 is 5.91 Å². The molecule has 4 nitrogen and oxygen atoms in total. The number of rotatable bonds is 4. The van der Waals surface area contributed by atoms with Crippen molar-refractivity contribution in [2.45, 2.75) is 45.3 Å². The van der Waals surface area contributed by atoms with Gasteiger partial charge in [-0.2, -0.15) is 0 Å². The van der Waals surface area contributed by atoms with Crippen molar-refractivity contribution in [1.82, 2.24) is 0 Å². The summed E-state index contributed by atoms with van der Waals surface area (Å²) < 4.78 is 5.90. The molecule has 104 valence electrons. The summed E-state index contributed by atoms with van der Waals surface area (Å²) in [4.78, 5) is 11.0. The van der Waals surface area contributed by atoms with Crippen molar-refractivity contribution in [1.29, 1.82) is 0 Å². The topological polar surface area (TPSA) is 78.3 Å². The van der Waals surface area contributed by atoms with E-state index in [9.17, 15) is 4.79 Å². The summed E-state index contributed by atoms with van der Waals surface area (Å²) in [5.41, 5.74) is 13.0. The van der Waals surface area contributed by atoms with Crippen molar-refractivity contribution < 1.29 is 9.53 Å². The number of benzene rings is 1. The quantitative estimate of drug-likeness (QED) is 0.818. The standard InChI is InChI=1S/C15H22N2O2/c1-10-2-6-13(7-3-10)19-9-12-5-4-11(15(17)18)8-14(12)16/h4-5,8,10,13H,2-3,6-7,9,16H2,1H3,(H2,17,18). The van der Waals surface area contributed by atoms with Crippen molar-refractivity contribution in [3.8, 4) is 0 Å². The van der Waals surface area contributed by atoms with Crippen molar-refractivity contribution in [2.75, 3.05) is 5.73 Å². The smallest absolute Gasteiger partial charge is 0.248 e. The molecule has 0 bridgehead atoms. The zero-order valence-electron chi connectivity index (χ0n) is 11.4. The fourth-order valence-corrected chi connectivity index (χ4v) is 2.48. The lowest BCUT2D eigenvalue weighted by molar-refractivity contribution is 0.00902. The number of nitrogen functional groups attached to an aromatic ring is 1. The van der Waals surface area contributed by atoms with Gasteiger partial charge in [0.25, 0.3) is 0 Å². The molecule has 2 rings (SSSR count). The average molecular weight is 262 g/mol. The molecule has 1 aliphatic rings. The highest BCUT2D eigenvalue weighted by atomic mass is 16.5. The second-order valence-electron chi connectivity index (χ2n) is 5.47. The van der Waals surface area contributed by atoms with E-state index in [1.165, 1.54) is 12.8 Å². The fraction of sp³-hybridized carbons (Fsp3) is 0.533. The molecule has 1 aromatic rings. The van der Waals surface area contributed by atoms with Crippen LogP contribution >= 0.6 is 0 Å². The second kappa shape index (κ2) is 6.06. The van der Waals surface area contributed by atoms with Crippen LogP contribution < -0.4 is 11.5 Å². The minimum absolute atomic E-state index is 0.339. The van der Waals surface area contributed by atoms with Crippen LogP contribution in [0.15, 0.2) is 18.2 Å². The highest BCUT2D eigenvalue weighted by Crippen LogP contribution is 2.26. The first kappa shape index (κ1) is 13.9. The number of carbonyl (C=O) groups is 1. The fourth-order valence-electron chi connectivity index (χ4n) is 2.48. The molecule has 0 atom stereocenters. The van der Waals surface area contributed by atoms with Gasteiger partial charge in [-0.1, -0.05) is 13.0 Å². The molecule has 0 aliphatic heterocycles. The Morgan fingerprint density at radius 3 is 2.58 bits per heavy atom. The van der Waals surface area contributed by atoms with Gasteiger partial charge < -0.3 is 16.2 Å². The van der Waals surface area contributed by atoms with Crippen LogP contribution in [0.3, 0.4) is 0 Å². The first-order valence-electron chi connectivity index (χ1n) is 6.86. The van der Waals surface area contributed by atoms with Gasteiger partial charge in [0, 0.05) is 16.8 Å². The monoisotopic (exact) mass is 262 g/mol. The molecule has 0 unspecified atom stereocenters. The van der Waals surface area contributed by atoms with Gasteiger partial charge in [0.1, 0.15) is 0 Å². The number of anilines is 1. The highest BCUT2D eigenvalue weighted by Gasteiger charge is 2.18. The molecule has 1 aliphatic carbocycles. The Morgan fingerprint density at radius 1 is 1.32 bits per heavy atom. The lowest BCUT2D eigenvalue weighted by Gasteiger charge is -2.26. The minimum atomic E-state index is -0.458. The van der Waals surface area contributed by atoms with Gasteiger partial charge >= 0.3 is 0 Å². The molecule has 0 spiro atoms. The number of carbonyl (C=O) groups excluding carboxylic acids is 1. The third-order valence-corrected chi connectivity index (χ3v) is 3.87. The van der Waals surface area contributed by atoms with E-state index in [2.05, 4.69) is 6.92 Å². The van der Waals surface area contributed by atoms with Gasteiger partial charge in [-0.05, 0) is 43.7 Å². The summed E-state index contributed by atoms with van der Waals surface area (Å²) in [7, 11) is 0. The number of hydrogen-bond acceptors (Lipinski definition) is 3. The maximum Gasteiger partial charge on any atom is 0.248 e. The van der Waals surface area contributed by atoms with E-state index in [1.54, 1.807) is 12.1 Å². The van der Waals surface area contributed by atoms with Crippen LogP contribution in [0.4, 0.5) is 5.69 Å². The summed E-state index contributed by atoms with van der Waals surface area (Å²) >= 11 is 0. The summed E-state index contributed by atoms with van der Waals surface area (Å²) in [5, 5.41) is 0. The molecule has 1 aromatic carbocycles. The van der Waals surface area contributed by atoms with Gasteiger partial charge in [0.05, 0.1) is 12.7 Å².